The van der Waals surface area contributed by atoms with Crippen LogP contribution in [0.25, 0.3) is 10.6 Å². The van der Waals surface area contributed by atoms with E-state index in [9.17, 15) is 5.26 Å². The molecule has 4 heterocycles. The quantitative estimate of drug-likeness (QED) is 0.586. The first kappa shape index (κ1) is 19.0. The lowest BCUT2D eigenvalue weighted by Crippen LogP contribution is -2.43. The molecule has 0 saturated carbocycles. The molecule has 0 spiro atoms. The Morgan fingerprint density at radius 2 is 2.00 bits per heavy atom. The number of piperazine rings is 1. The largest absolute Gasteiger partial charge is 0.368 e. The number of hydrogen-bond acceptors (Lipinski definition) is 10. The minimum Gasteiger partial charge on any atom is -0.368 e. The second-order valence-electron chi connectivity index (χ2n) is 6.51. The van der Waals surface area contributed by atoms with E-state index in [1.54, 1.807) is 0 Å². The Morgan fingerprint density at radius 3 is 2.66 bits per heavy atom. The van der Waals surface area contributed by atoms with Crippen molar-refractivity contribution >= 4 is 33.9 Å². The third-order valence-electron chi connectivity index (χ3n) is 4.60. The molecule has 0 aromatic carbocycles. The fourth-order valence-corrected chi connectivity index (χ4v) is 4.03. The molecule has 0 atom stereocenters. The van der Waals surface area contributed by atoms with Crippen molar-refractivity contribution in [1.29, 1.82) is 5.26 Å². The van der Waals surface area contributed by atoms with Crippen molar-refractivity contribution in [3.63, 3.8) is 0 Å². The van der Waals surface area contributed by atoms with E-state index >= 15 is 0 Å². The molecule has 9 nitrogen and oxygen atoms in total. The summed E-state index contributed by atoms with van der Waals surface area (Å²) in [4.78, 5) is 20.9. The first-order chi connectivity index (χ1) is 14.2. The Kier molecular flexibility index (Phi) is 5.50. The predicted molar refractivity (Wildman–Crippen MR) is 115 cm³/mol. The van der Waals surface area contributed by atoms with E-state index in [0.717, 1.165) is 47.6 Å². The summed E-state index contributed by atoms with van der Waals surface area (Å²) in [5.41, 5.74) is 2.89. The third-order valence-corrected chi connectivity index (χ3v) is 5.79. The number of nitriles is 1. The average molecular weight is 408 g/mol. The van der Waals surface area contributed by atoms with Gasteiger partial charge in [0.1, 0.15) is 17.6 Å². The van der Waals surface area contributed by atoms with E-state index in [1.165, 1.54) is 17.5 Å². The van der Waals surface area contributed by atoms with E-state index in [4.69, 9.17) is 0 Å². The number of aryl methyl sites for hydroxylation is 1. The van der Waals surface area contributed by atoms with Crippen LogP contribution in [0.1, 0.15) is 11.3 Å². The maximum atomic E-state index is 9.47. The Balaban J connectivity index is 1.57. The maximum Gasteiger partial charge on any atom is 0.229 e. The average Bonchev–Trinajstić information content (AvgIpc) is 3.15. The second kappa shape index (κ2) is 8.38. The summed E-state index contributed by atoms with van der Waals surface area (Å²) in [6.07, 6.45) is 3.38. The molecule has 3 aromatic heterocycles. The highest BCUT2D eigenvalue weighted by Crippen LogP contribution is 2.33. The number of aromatic nitrogens is 4. The SMILES string of the molecule is CNc1nc(C)c(-c2nc(Nc3ccc(N4CCNCC4)cn3)ncc2C#N)s1. The number of anilines is 4. The van der Waals surface area contributed by atoms with Gasteiger partial charge in [0.05, 0.1) is 34.2 Å². The minimum atomic E-state index is 0.389. The van der Waals surface area contributed by atoms with E-state index in [0.29, 0.717) is 23.0 Å². The van der Waals surface area contributed by atoms with Crippen molar-refractivity contribution in [3.05, 3.63) is 35.8 Å². The normalized spacial score (nSPS) is 13.8. The molecule has 29 heavy (non-hydrogen) atoms. The van der Waals surface area contributed by atoms with Crippen LogP contribution < -0.4 is 20.9 Å². The van der Waals surface area contributed by atoms with Gasteiger partial charge in [-0.25, -0.2) is 19.9 Å². The van der Waals surface area contributed by atoms with Crippen LogP contribution in [0.15, 0.2) is 24.5 Å². The molecular weight excluding hydrogens is 386 g/mol. The number of nitrogens with one attached hydrogen (secondary N) is 3. The van der Waals surface area contributed by atoms with Gasteiger partial charge in [0.2, 0.25) is 5.95 Å². The Bertz CT molecular complexity index is 1030. The Labute approximate surface area is 172 Å². The van der Waals surface area contributed by atoms with Crippen LogP contribution in [0.5, 0.6) is 0 Å². The molecule has 0 aliphatic carbocycles. The molecule has 0 bridgehead atoms. The van der Waals surface area contributed by atoms with Crippen molar-refractivity contribution in [2.75, 3.05) is 48.8 Å². The van der Waals surface area contributed by atoms with Gasteiger partial charge >= 0.3 is 0 Å². The third kappa shape index (κ3) is 4.11. The highest BCUT2D eigenvalue weighted by molar-refractivity contribution is 7.19. The van der Waals surface area contributed by atoms with Crippen molar-refractivity contribution in [1.82, 2.24) is 25.3 Å². The first-order valence-corrected chi connectivity index (χ1v) is 10.1. The zero-order chi connectivity index (χ0) is 20.2. The van der Waals surface area contributed by atoms with Gasteiger partial charge in [0.15, 0.2) is 5.13 Å². The molecule has 3 N–H and O–H groups in total. The maximum absolute atomic E-state index is 9.47. The molecule has 0 unspecified atom stereocenters. The lowest BCUT2D eigenvalue weighted by molar-refractivity contribution is 0.589. The number of rotatable bonds is 5. The van der Waals surface area contributed by atoms with Crippen LogP contribution in [-0.2, 0) is 0 Å². The standard InChI is InChI=1S/C19H21N9S/c1-12-17(29-19(21-2)25-12)16-13(9-20)10-24-18(27-16)26-15-4-3-14(11-23-15)28-7-5-22-6-8-28/h3-4,10-11,22H,5-8H2,1-2H3,(H,21,25)(H,23,24,26,27). The Hall–Kier alpha value is -3.29. The topological polar surface area (TPSA) is 115 Å². The molecule has 3 aromatic rings. The van der Waals surface area contributed by atoms with Crippen molar-refractivity contribution in [2.24, 2.45) is 0 Å². The first-order valence-electron chi connectivity index (χ1n) is 9.29. The van der Waals surface area contributed by atoms with Crippen molar-refractivity contribution in [2.45, 2.75) is 6.92 Å². The fraction of sp³-hybridized carbons (Fsp3) is 0.316. The lowest BCUT2D eigenvalue weighted by Gasteiger charge is -2.29. The second-order valence-corrected chi connectivity index (χ2v) is 7.51. The van der Waals surface area contributed by atoms with Crippen molar-refractivity contribution in [3.8, 4) is 16.6 Å². The molecule has 1 fully saturated rings. The van der Waals surface area contributed by atoms with Crippen LogP contribution >= 0.6 is 11.3 Å². The van der Waals surface area contributed by atoms with Gasteiger partial charge < -0.3 is 20.9 Å². The molecular formula is C19H21N9S. The number of thiazole rings is 1. The number of pyridine rings is 1. The Morgan fingerprint density at radius 1 is 1.17 bits per heavy atom. The molecule has 148 valence electrons. The molecule has 4 rings (SSSR count). The van der Waals surface area contributed by atoms with Gasteiger partial charge in [0.25, 0.3) is 0 Å². The lowest BCUT2D eigenvalue weighted by atomic mass is 10.2. The summed E-state index contributed by atoms with van der Waals surface area (Å²) in [6, 6.07) is 6.11. The summed E-state index contributed by atoms with van der Waals surface area (Å²) in [5, 5.41) is 19.7. The zero-order valence-electron chi connectivity index (χ0n) is 16.2. The monoisotopic (exact) mass is 407 g/mol. The van der Waals surface area contributed by atoms with Crippen LogP contribution in [0.2, 0.25) is 0 Å². The van der Waals surface area contributed by atoms with Crippen LogP contribution in [0, 0.1) is 18.3 Å². The van der Waals surface area contributed by atoms with Gasteiger partial charge in [0, 0.05) is 33.2 Å². The summed E-state index contributed by atoms with van der Waals surface area (Å²) in [7, 11) is 1.82. The molecule has 1 saturated heterocycles. The smallest absolute Gasteiger partial charge is 0.229 e. The van der Waals surface area contributed by atoms with E-state index < -0.39 is 0 Å². The van der Waals surface area contributed by atoms with Gasteiger partial charge in [-0.3, -0.25) is 0 Å². The molecule has 0 radical (unpaired) electrons. The summed E-state index contributed by atoms with van der Waals surface area (Å²) >= 11 is 1.46. The van der Waals surface area contributed by atoms with Crippen LogP contribution in [0.4, 0.5) is 22.6 Å². The minimum absolute atomic E-state index is 0.389. The van der Waals surface area contributed by atoms with Gasteiger partial charge in [-0.2, -0.15) is 5.26 Å². The van der Waals surface area contributed by atoms with E-state index in [-0.39, 0.29) is 0 Å². The van der Waals surface area contributed by atoms with Crippen molar-refractivity contribution < 1.29 is 0 Å². The summed E-state index contributed by atoms with van der Waals surface area (Å²) < 4.78 is 0. The van der Waals surface area contributed by atoms with E-state index in [1.807, 2.05) is 32.3 Å². The molecule has 10 heteroatoms. The van der Waals surface area contributed by atoms with Crippen LogP contribution in [-0.4, -0.2) is 53.2 Å². The molecule has 0 amide bonds. The van der Waals surface area contributed by atoms with Gasteiger partial charge in [-0.15, -0.1) is 0 Å². The predicted octanol–water partition coefficient (Wildman–Crippen LogP) is 2.37. The van der Waals surface area contributed by atoms with Gasteiger partial charge in [-0.1, -0.05) is 11.3 Å². The number of hydrogen-bond donors (Lipinski definition) is 3. The van der Waals surface area contributed by atoms with Crippen LogP contribution in [0.3, 0.4) is 0 Å². The van der Waals surface area contributed by atoms with Gasteiger partial charge in [-0.05, 0) is 19.1 Å². The zero-order valence-corrected chi connectivity index (χ0v) is 17.0. The fourth-order valence-electron chi connectivity index (χ4n) is 3.10. The highest BCUT2D eigenvalue weighted by atomic mass is 32.1. The number of nitrogens with zero attached hydrogens (tertiary/aromatic N) is 6. The molecule has 1 aliphatic rings. The molecule has 1 aliphatic heterocycles. The van der Waals surface area contributed by atoms with E-state index in [2.05, 4.69) is 46.9 Å². The highest BCUT2D eigenvalue weighted by Gasteiger charge is 2.17. The summed E-state index contributed by atoms with van der Waals surface area (Å²) in [6.45, 7) is 5.81. The summed E-state index contributed by atoms with van der Waals surface area (Å²) in [5.74, 6) is 1.04.